The van der Waals surface area contributed by atoms with Crippen LogP contribution in [-0.2, 0) is 14.4 Å². The molecule has 0 aromatic heterocycles. The van der Waals surface area contributed by atoms with Crippen molar-refractivity contribution < 1.29 is 34.8 Å². The van der Waals surface area contributed by atoms with Crippen LogP contribution in [0.25, 0.3) is 5.76 Å². The molecule has 3 aliphatic rings. The Bertz CT molecular complexity index is 1510. The summed E-state index contributed by atoms with van der Waals surface area (Å²) >= 11 is 1.50. The lowest BCUT2D eigenvalue weighted by atomic mass is 9.55. The van der Waals surface area contributed by atoms with Crippen LogP contribution in [0, 0.1) is 11.8 Å². The molecule has 5 atom stereocenters. The zero-order valence-electron chi connectivity index (χ0n) is 21.8. The Kier molecular flexibility index (Phi) is 6.81. The molecule has 0 aliphatic heterocycles. The maximum atomic E-state index is 14.2. The van der Waals surface area contributed by atoms with E-state index in [9.17, 15) is 34.8 Å². The lowest BCUT2D eigenvalue weighted by Crippen LogP contribution is -2.66. The van der Waals surface area contributed by atoms with E-state index < -0.39 is 69.7 Å². The number of hydrogen-bond acceptors (Lipinski definition) is 11. The SMILES string of the molecule is CNc1cc(N)c(O)c2c1[C@H](CSc1ccccc1)[C@H]1C[C@H]3[C@H](NC)C(=O)C(C(N)=O)=C(O)[C@@]3(O)C(=O)C1=C2O. The second-order valence-electron chi connectivity index (χ2n) is 10.2. The number of nitrogens with one attached hydrogen (secondary N) is 2. The van der Waals surface area contributed by atoms with Crippen LogP contribution >= 0.6 is 11.8 Å². The highest BCUT2D eigenvalue weighted by molar-refractivity contribution is 7.99. The van der Waals surface area contributed by atoms with Crippen LogP contribution in [-0.4, -0.2) is 69.4 Å². The van der Waals surface area contributed by atoms with Gasteiger partial charge in [0, 0.05) is 40.8 Å². The Morgan fingerprint density at radius 2 is 1.82 bits per heavy atom. The number of rotatable bonds is 6. The van der Waals surface area contributed by atoms with E-state index in [-0.39, 0.29) is 23.2 Å². The molecule has 0 unspecified atom stereocenters. The van der Waals surface area contributed by atoms with Gasteiger partial charge in [0.15, 0.2) is 11.4 Å². The van der Waals surface area contributed by atoms with Gasteiger partial charge in [-0.05, 0) is 43.1 Å². The van der Waals surface area contributed by atoms with E-state index in [4.69, 9.17) is 11.5 Å². The van der Waals surface area contributed by atoms with Crippen LogP contribution in [0.1, 0.15) is 23.5 Å². The molecule has 5 rings (SSSR count). The van der Waals surface area contributed by atoms with E-state index in [2.05, 4.69) is 10.6 Å². The zero-order valence-corrected chi connectivity index (χ0v) is 22.6. The number of carbonyl (C=O) groups excluding carboxylic acids is 3. The quantitative estimate of drug-likeness (QED) is 0.0827. The second-order valence-corrected chi connectivity index (χ2v) is 11.2. The van der Waals surface area contributed by atoms with E-state index in [1.54, 1.807) is 13.1 Å². The maximum absolute atomic E-state index is 14.2. The number of carbonyl (C=O) groups is 3. The largest absolute Gasteiger partial charge is 0.508 e. The number of amides is 1. The van der Waals surface area contributed by atoms with Gasteiger partial charge in [-0.2, -0.15) is 0 Å². The first-order valence-corrected chi connectivity index (χ1v) is 13.6. The smallest absolute Gasteiger partial charge is 0.255 e. The number of thioether (sulfide) groups is 1. The molecule has 2 aromatic rings. The Morgan fingerprint density at radius 3 is 2.42 bits per heavy atom. The van der Waals surface area contributed by atoms with Gasteiger partial charge in [-0.25, -0.2) is 0 Å². The number of aromatic hydroxyl groups is 1. The molecule has 11 nitrogen and oxygen atoms in total. The third kappa shape index (κ3) is 3.78. The van der Waals surface area contributed by atoms with Gasteiger partial charge in [0.2, 0.25) is 5.78 Å². The number of aliphatic hydroxyl groups is 3. The van der Waals surface area contributed by atoms with Gasteiger partial charge in [0.25, 0.3) is 5.91 Å². The number of ketones is 2. The molecule has 40 heavy (non-hydrogen) atoms. The molecular formula is C28H30N4O7S. The lowest BCUT2D eigenvalue weighted by Gasteiger charge is -2.50. The van der Waals surface area contributed by atoms with Gasteiger partial charge in [-0.3, -0.25) is 14.4 Å². The van der Waals surface area contributed by atoms with Gasteiger partial charge in [-0.1, -0.05) is 18.2 Å². The minimum atomic E-state index is -2.72. The average molecular weight is 567 g/mol. The number of hydrogen-bond donors (Lipinski definition) is 8. The molecule has 3 aliphatic carbocycles. The highest BCUT2D eigenvalue weighted by Crippen LogP contribution is 2.58. The van der Waals surface area contributed by atoms with Crippen molar-refractivity contribution in [2.24, 2.45) is 17.6 Å². The summed E-state index contributed by atoms with van der Waals surface area (Å²) in [5.74, 6) is -7.41. The van der Waals surface area contributed by atoms with Crippen molar-refractivity contribution in [3.8, 4) is 5.75 Å². The molecule has 1 fully saturated rings. The predicted octanol–water partition coefficient (Wildman–Crippen LogP) is 1.58. The summed E-state index contributed by atoms with van der Waals surface area (Å²) in [6.07, 6.45) is -0.0251. The standard InChI is InChI=1S/C28H30N4O7S/c1-31-16-9-15(29)22(33)19-17(16)13(10-40-11-6-4-3-5-7-11)12-8-14-21(32-2)24(35)20(27(30)38)26(37)28(14,39)25(36)18(12)23(19)34/h3-7,9,12-14,21,31-34,37,39H,8,10,29H2,1-2H3,(H2,30,38)/t12-,13-,14+,21+,28+/m1/s1. The number of nitrogen functional groups attached to an aromatic ring is 1. The maximum Gasteiger partial charge on any atom is 0.255 e. The van der Waals surface area contributed by atoms with E-state index in [1.807, 2.05) is 30.3 Å². The molecule has 0 heterocycles. The molecule has 12 heteroatoms. The van der Waals surface area contributed by atoms with Crippen LogP contribution in [0.3, 0.4) is 0 Å². The van der Waals surface area contributed by atoms with Crippen LogP contribution in [0.5, 0.6) is 5.75 Å². The minimum Gasteiger partial charge on any atom is -0.508 e. The summed E-state index contributed by atoms with van der Waals surface area (Å²) in [5.41, 5.74) is 8.54. The van der Waals surface area contributed by atoms with Crippen molar-refractivity contribution >= 4 is 46.4 Å². The van der Waals surface area contributed by atoms with E-state index in [0.29, 0.717) is 17.0 Å². The number of nitrogens with two attached hydrogens (primary N) is 2. The highest BCUT2D eigenvalue weighted by Gasteiger charge is 2.64. The topological polar surface area (TPSA) is 208 Å². The van der Waals surface area contributed by atoms with Gasteiger partial charge in [0.1, 0.15) is 22.8 Å². The van der Waals surface area contributed by atoms with Crippen molar-refractivity contribution in [3.63, 3.8) is 0 Å². The summed E-state index contributed by atoms with van der Waals surface area (Å²) in [6, 6.07) is 9.85. The Hall–Kier alpha value is -4.00. The first-order valence-electron chi connectivity index (χ1n) is 12.6. The first-order chi connectivity index (χ1) is 19.0. The van der Waals surface area contributed by atoms with Gasteiger partial charge in [-0.15, -0.1) is 11.8 Å². The fourth-order valence-electron chi connectivity index (χ4n) is 6.41. The summed E-state index contributed by atoms with van der Waals surface area (Å²) in [5, 5.41) is 51.1. The summed E-state index contributed by atoms with van der Waals surface area (Å²) in [4.78, 5) is 40.4. The Balaban J connectivity index is 1.76. The van der Waals surface area contributed by atoms with Crippen LogP contribution in [0.15, 0.2) is 58.2 Å². The molecule has 0 spiro atoms. The number of phenolic OH excluding ortho intramolecular Hbond substituents is 1. The average Bonchev–Trinajstić information content (AvgIpc) is 2.92. The highest BCUT2D eigenvalue weighted by atomic mass is 32.2. The van der Waals surface area contributed by atoms with Crippen molar-refractivity contribution in [1.29, 1.82) is 0 Å². The summed E-state index contributed by atoms with van der Waals surface area (Å²) in [6.45, 7) is 0. The molecule has 2 aromatic carbocycles. The fourth-order valence-corrected chi connectivity index (χ4v) is 7.53. The first kappa shape index (κ1) is 27.6. The normalized spacial score (nSPS) is 27.7. The third-order valence-corrected chi connectivity index (χ3v) is 9.38. The van der Waals surface area contributed by atoms with E-state index in [1.165, 1.54) is 18.8 Å². The monoisotopic (exact) mass is 566 g/mol. The third-order valence-electron chi connectivity index (χ3n) is 8.25. The van der Waals surface area contributed by atoms with Crippen LogP contribution in [0.2, 0.25) is 0 Å². The number of aliphatic hydroxyl groups excluding tert-OH is 2. The van der Waals surface area contributed by atoms with E-state index in [0.717, 1.165) is 4.90 Å². The van der Waals surface area contributed by atoms with Crippen LogP contribution < -0.4 is 22.1 Å². The van der Waals surface area contributed by atoms with Gasteiger partial charge in [0.05, 0.1) is 17.3 Å². The van der Waals surface area contributed by atoms with Crippen molar-refractivity contribution in [2.45, 2.75) is 28.9 Å². The van der Waals surface area contributed by atoms with Crippen molar-refractivity contribution in [3.05, 3.63) is 64.4 Å². The summed E-state index contributed by atoms with van der Waals surface area (Å²) in [7, 11) is 3.11. The van der Waals surface area contributed by atoms with Gasteiger partial charge < -0.3 is 42.5 Å². The molecule has 0 bridgehead atoms. The molecule has 0 radical (unpaired) electrons. The molecule has 1 saturated carbocycles. The number of primary amides is 1. The number of likely N-dealkylation sites (N-methyl/N-ethyl adjacent to an activating group) is 1. The minimum absolute atomic E-state index is 0.0251. The predicted molar refractivity (Wildman–Crippen MR) is 150 cm³/mol. The zero-order chi connectivity index (χ0) is 29.1. The number of anilines is 2. The lowest BCUT2D eigenvalue weighted by molar-refractivity contribution is -0.150. The Morgan fingerprint density at radius 1 is 1.15 bits per heavy atom. The molecular weight excluding hydrogens is 536 g/mol. The molecule has 10 N–H and O–H groups in total. The van der Waals surface area contributed by atoms with Crippen molar-refractivity contribution in [2.75, 3.05) is 30.9 Å². The fraction of sp³-hybridized carbons (Fsp3) is 0.321. The molecule has 210 valence electrons. The number of fused-ring (bicyclic) bond motifs is 3. The second kappa shape index (κ2) is 9.88. The molecule has 1 amide bonds. The van der Waals surface area contributed by atoms with Gasteiger partial charge >= 0.3 is 0 Å². The number of phenols is 1. The van der Waals surface area contributed by atoms with E-state index >= 15 is 0 Å². The number of Topliss-reactive ketones (excluding diaryl/α,β-unsaturated/α-hetero) is 2. The number of benzene rings is 2. The van der Waals surface area contributed by atoms with Crippen LogP contribution in [0.4, 0.5) is 11.4 Å². The summed E-state index contributed by atoms with van der Waals surface area (Å²) < 4.78 is 0. The Labute approximate surface area is 233 Å². The van der Waals surface area contributed by atoms with Crippen molar-refractivity contribution in [1.82, 2.24) is 5.32 Å². The molecule has 0 saturated heterocycles.